The van der Waals surface area contributed by atoms with Crippen molar-refractivity contribution in [3.05, 3.63) is 23.0 Å². The zero-order chi connectivity index (χ0) is 12.7. The molecule has 1 atom stereocenters. The molecule has 0 aromatic carbocycles. The fourth-order valence-corrected chi connectivity index (χ4v) is 2.76. The van der Waals surface area contributed by atoms with E-state index in [0.29, 0.717) is 17.1 Å². The molecule has 5 heteroatoms. The van der Waals surface area contributed by atoms with Gasteiger partial charge in [-0.15, -0.1) is 0 Å². The van der Waals surface area contributed by atoms with Crippen molar-refractivity contribution in [2.75, 3.05) is 19.6 Å². The fourth-order valence-electron chi connectivity index (χ4n) is 2.55. The molecule has 4 nitrogen and oxygen atoms in total. The number of amides is 1. The van der Waals surface area contributed by atoms with Crippen LogP contribution in [0.4, 0.5) is 0 Å². The van der Waals surface area contributed by atoms with E-state index in [1.165, 1.54) is 0 Å². The molecule has 1 amide bonds. The van der Waals surface area contributed by atoms with Gasteiger partial charge in [-0.3, -0.25) is 4.79 Å². The molecule has 1 N–H and O–H groups in total. The first-order valence-electron chi connectivity index (χ1n) is 6.55. The topological polar surface area (TPSA) is 37.3 Å². The number of carbonyl (C=O) groups excluding carboxylic acids is 1. The van der Waals surface area contributed by atoms with E-state index >= 15 is 0 Å². The molecule has 0 radical (unpaired) electrons. The van der Waals surface area contributed by atoms with Crippen molar-refractivity contribution in [2.24, 2.45) is 0 Å². The molecule has 1 aromatic rings. The van der Waals surface area contributed by atoms with Crippen LogP contribution in [0.25, 0.3) is 0 Å². The Balaban J connectivity index is 1.82. The van der Waals surface area contributed by atoms with Crippen molar-refractivity contribution in [2.45, 2.75) is 31.8 Å². The Bertz CT molecular complexity index is 467. The monoisotopic (exact) mass is 267 g/mol. The first-order valence-corrected chi connectivity index (χ1v) is 6.93. The van der Waals surface area contributed by atoms with E-state index in [1.807, 2.05) is 11.1 Å². The number of aromatic nitrogens is 1. The summed E-state index contributed by atoms with van der Waals surface area (Å²) in [5, 5.41) is 4.01. The summed E-state index contributed by atoms with van der Waals surface area (Å²) in [7, 11) is 0. The summed E-state index contributed by atoms with van der Waals surface area (Å²) >= 11 is 6.05. The second-order valence-electron chi connectivity index (χ2n) is 5.29. The van der Waals surface area contributed by atoms with Crippen molar-refractivity contribution in [3.8, 4) is 0 Å². The van der Waals surface area contributed by atoms with Crippen LogP contribution in [-0.4, -0.2) is 41.1 Å². The Labute approximate surface area is 112 Å². The SMILES string of the molecule is C[C@@H]1CN(C(=O)c2cc(Cl)cn2C2CC2)CCN1. The van der Waals surface area contributed by atoms with Gasteiger partial charge in [0.05, 0.1) is 5.02 Å². The highest BCUT2D eigenvalue weighted by molar-refractivity contribution is 6.31. The van der Waals surface area contributed by atoms with E-state index in [9.17, 15) is 4.79 Å². The molecular formula is C13H18ClN3O. The third kappa shape index (κ3) is 2.27. The van der Waals surface area contributed by atoms with Crippen molar-refractivity contribution in [3.63, 3.8) is 0 Å². The molecule has 1 saturated heterocycles. The first kappa shape index (κ1) is 12.1. The van der Waals surface area contributed by atoms with Crippen LogP contribution in [0.15, 0.2) is 12.3 Å². The second-order valence-corrected chi connectivity index (χ2v) is 5.72. The van der Waals surface area contributed by atoms with Gasteiger partial charge < -0.3 is 14.8 Å². The minimum atomic E-state index is 0.113. The van der Waals surface area contributed by atoms with Gasteiger partial charge in [0, 0.05) is 37.9 Å². The minimum Gasteiger partial charge on any atom is -0.339 e. The number of hydrogen-bond donors (Lipinski definition) is 1. The summed E-state index contributed by atoms with van der Waals surface area (Å²) in [5.41, 5.74) is 0.747. The number of rotatable bonds is 2. The highest BCUT2D eigenvalue weighted by atomic mass is 35.5. The maximum Gasteiger partial charge on any atom is 0.270 e. The third-order valence-corrected chi connectivity index (χ3v) is 3.84. The van der Waals surface area contributed by atoms with E-state index in [4.69, 9.17) is 11.6 Å². The lowest BCUT2D eigenvalue weighted by Gasteiger charge is -2.32. The van der Waals surface area contributed by atoms with Crippen LogP contribution >= 0.6 is 11.6 Å². The van der Waals surface area contributed by atoms with E-state index in [1.54, 1.807) is 6.07 Å². The van der Waals surface area contributed by atoms with Crippen LogP contribution < -0.4 is 5.32 Å². The number of carbonyl (C=O) groups is 1. The number of piperazine rings is 1. The number of hydrogen-bond acceptors (Lipinski definition) is 2. The quantitative estimate of drug-likeness (QED) is 0.889. The third-order valence-electron chi connectivity index (χ3n) is 3.63. The van der Waals surface area contributed by atoms with Gasteiger partial charge in [-0.1, -0.05) is 11.6 Å². The standard InChI is InChI=1S/C13H18ClN3O/c1-9-7-16(5-4-15-9)13(18)12-6-10(14)8-17(12)11-2-3-11/h6,8-9,11,15H,2-5,7H2,1H3/t9-/m1/s1. The van der Waals surface area contributed by atoms with Crippen LogP contribution in [0.2, 0.25) is 5.02 Å². The zero-order valence-corrected chi connectivity index (χ0v) is 11.3. The van der Waals surface area contributed by atoms with Crippen LogP contribution in [0.3, 0.4) is 0 Å². The molecule has 0 unspecified atom stereocenters. The van der Waals surface area contributed by atoms with Gasteiger partial charge in [0.25, 0.3) is 5.91 Å². The molecule has 2 heterocycles. The molecule has 2 fully saturated rings. The Morgan fingerprint density at radius 1 is 1.50 bits per heavy atom. The molecule has 98 valence electrons. The molecular weight excluding hydrogens is 250 g/mol. The maximum absolute atomic E-state index is 12.5. The molecule has 1 saturated carbocycles. The van der Waals surface area contributed by atoms with E-state index in [0.717, 1.165) is 38.2 Å². The van der Waals surface area contributed by atoms with E-state index < -0.39 is 0 Å². The Hall–Kier alpha value is -1.00. The predicted octanol–water partition coefficient (Wildman–Crippen LogP) is 1.91. The molecule has 1 aromatic heterocycles. The zero-order valence-electron chi connectivity index (χ0n) is 10.5. The second kappa shape index (κ2) is 4.59. The van der Waals surface area contributed by atoms with E-state index in [2.05, 4.69) is 16.8 Å². The van der Waals surface area contributed by atoms with Gasteiger partial charge in [0.1, 0.15) is 5.69 Å². The number of nitrogens with zero attached hydrogens (tertiary/aromatic N) is 2. The molecule has 0 bridgehead atoms. The Morgan fingerprint density at radius 2 is 2.28 bits per heavy atom. The van der Waals surface area contributed by atoms with Crippen molar-refractivity contribution < 1.29 is 4.79 Å². The van der Waals surface area contributed by atoms with Crippen molar-refractivity contribution in [1.29, 1.82) is 0 Å². The fraction of sp³-hybridized carbons (Fsp3) is 0.615. The Morgan fingerprint density at radius 3 is 2.94 bits per heavy atom. The largest absolute Gasteiger partial charge is 0.339 e. The predicted molar refractivity (Wildman–Crippen MR) is 71.1 cm³/mol. The normalized spacial score (nSPS) is 24.3. The molecule has 3 rings (SSSR count). The summed E-state index contributed by atoms with van der Waals surface area (Å²) in [5.74, 6) is 0.113. The lowest BCUT2D eigenvalue weighted by Crippen LogP contribution is -2.51. The van der Waals surface area contributed by atoms with Gasteiger partial charge >= 0.3 is 0 Å². The minimum absolute atomic E-state index is 0.113. The summed E-state index contributed by atoms with van der Waals surface area (Å²) in [6.45, 7) is 4.51. The lowest BCUT2D eigenvalue weighted by molar-refractivity contribution is 0.0698. The van der Waals surface area contributed by atoms with Gasteiger partial charge in [0.15, 0.2) is 0 Å². The summed E-state index contributed by atoms with van der Waals surface area (Å²) in [6, 6.07) is 2.65. The van der Waals surface area contributed by atoms with E-state index in [-0.39, 0.29) is 5.91 Å². The molecule has 0 spiro atoms. The van der Waals surface area contributed by atoms with Crippen LogP contribution in [-0.2, 0) is 0 Å². The van der Waals surface area contributed by atoms with Crippen LogP contribution in [0, 0.1) is 0 Å². The van der Waals surface area contributed by atoms with Gasteiger partial charge in [-0.2, -0.15) is 0 Å². The van der Waals surface area contributed by atoms with Gasteiger partial charge in [0.2, 0.25) is 0 Å². The summed E-state index contributed by atoms with van der Waals surface area (Å²) in [4.78, 5) is 14.5. The number of nitrogens with one attached hydrogen (secondary N) is 1. The molecule has 2 aliphatic rings. The van der Waals surface area contributed by atoms with Gasteiger partial charge in [-0.25, -0.2) is 0 Å². The average Bonchev–Trinajstić information content (AvgIpc) is 3.12. The summed E-state index contributed by atoms with van der Waals surface area (Å²) in [6.07, 6.45) is 4.20. The van der Waals surface area contributed by atoms with Crippen LogP contribution in [0.1, 0.15) is 36.3 Å². The molecule has 1 aliphatic carbocycles. The summed E-state index contributed by atoms with van der Waals surface area (Å²) < 4.78 is 2.05. The van der Waals surface area contributed by atoms with Crippen LogP contribution in [0.5, 0.6) is 0 Å². The molecule has 18 heavy (non-hydrogen) atoms. The average molecular weight is 268 g/mol. The lowest BCUT2D eigenvalue weighted by atomic mass is 10.2. The van der Waals surface area contributed by atoms with Crippen molar-refractivity contribution in [1.82, 2.24) is 14.8 Å². The Kier molecular flexibility index (Phi) is 3.08. The molecule has 1 aliphatic heterocycles. The highest BCUT2D eigenvalue weighted by Crippen LogP contribution is 2.37. The van der Waals surface area contributed by atoms with Crippen molar-refractivity contribution >= 4 is 17.5 Å². The maximum atomic E-state index is 12.5. The smallest absolute Gasteiger partial charge is 0.270 e. The van der Waals surface area contributed by atoms with Gasteiger partial charge in [-0.05, 0) is 25.8 Å². The number of halogens is 1. The first-order chi connectivity index (χ1) is 8.65. The highest BCUT2D eigenvalue weighted by Gasteiger charge is 2.30.